The van der Waals surface area contributed by atoms with Gasteiger partial charge in [0.05, 0.1) is 5.54 Å². The predicted molar refractivity (Wildman–Crippen MR) is 169 cm³/mol. The van der Waals surface area contributed by atoms with Crippen molar-refractivity contribution in [2.24, 2.45) is 5.92 Å². The second-order valence-corrected chi connectivity index (χ2v) is 12.2. The molecule has 0 radical (unpaired) electrons. The van der Waals surface area contributed by atoms with Crippen LogP contribution in [0.5, 0.6) is 0 Å². The van der Waals surface area contributed by atoms with Crippen LogP contribution in [0.15, 0.2) is 60.7 Å². The molecule has 0 aromatic heterocycles. The normalized spacial score (nSPS) is 28.0. The second kappa shape index (κ2) is 15.3. The maximum absolute atomic E-state index is 12.9. The molecular weight excluding hydrogens is 519 g/mol. The molecule has 2 aliphatic rings. The Morgan fingerprint density at radius 3 is 2.03 bits per heavy atom. The Kier molecular flexibility index (Phi) is 14.0. The Morgan fingerprint density at radius 2 is 1.51 bits per heavy atom. The molecule has 37 heavy (non-hydrogen) atoms. The number of halogens is 2. The van der Waals surface area contributed by atoms with E-state index in [1.807, 2.05) is 39.8 Å². The minimum atomic E-state index is -2.42. The summed E-state index contributed by atoms with van der Waals surface area (Å²) in [5.74, 6) is 4.70. The summed E-state index contributed by atoms with van der Waals surface area (Å²) < 4.78 is 16.4. The molecule has 6 unspecified atom stereocenters. The lowest BCUT2D eigenvalue weighted by Crippen LogP contribution is -2.67. The fraction of sp³-hybridized carbons (Fsp3) is 0.516. The monoisotopic (exact) mass is 566 g/mol. The molecule has 2 fully saturated rings. The molecular formula is C31H48Cl2N2OS. The molecule has 1 saturated carbocycles. The first-order valence-corrected chi connectivity index (χ1v) is 16.6. The van der Waals surface area contributed by atoms with Gasteiger partial charge in [-0.1, -0.05) is 87.8 Å². The zero-order chi connectivity index (χ0) is 28.4. The third-order valence-electron chi connectivity index (χ3n) is 7.20. The van der Waals surface area contributed by atoms with Crippen LogP contribution in [0.4, 0.5) is 0 Å². The molecule has 6 heteroatoms. The van der Waals surface area contributed by atoms with E-state index in [2.05, 4.69) is 84.3 Å². The maximum atomic E-state index is 12.9. The zero-order valence-electron chi connectivity index (χ0n) is 24.0. The van der Waals surface area contributed by atoms with E-state index in [1.165, 1.54) is 23.1 Å². The van der Waals surface area contributed by atoms with E-state index in [4.69, 9.17) is 11.6 Å². The Hall–Kier alpha value is -1.30. The molecule has 1 saturated heterocycles. The highest BCUT2D eigenvalue weighted by atomic mass is 35.5. The van der Waals surface area contributed by atoms with Crippen molar-refractivity contribution >= 4 is 38.8 Å². The van der Waals surface area contributed by atoms with Gasteiger partial charge in [-0.05, 0) is 73.2 Å². The molecule has 1 aliphatic carbocycles. The average molecular weight is 568 g/mol. The third kappa shape index (κ3) is 8.10. The van der Waals surface area contributed by atoms with Crippen molar-refractivity contribution in [1.29, 1.82) is 0 Å². The van der Waals surface area contributed by atoms with Gasteiger partial charge in [0.15, 0.2) is 0 Å². The van der Waals surface area contributed by atoms with Crippen molar-refractivity contribution in [2.45, 2.75) is 77.8 Å². The number of fused-ring (bicyclic) bond motifs is 1. The van der Waals surface area contributed by atoms with Crippen LogP contribution in [-0.4, -0.2) is 40.8 Å². The fourth-order valence-corrected chi connectivity index (χ4v) is 7.17. The van der Waals surface area contributed by atoms with E-state index < -0.39 is 15.2 Å². The van der Waals surface area contributed by atoms with Gasteiger partial charge >= 0.3 is 0 Å². The molecule has 0 bridgehead atoms. The minimum absolute atomic E-state index is 0.178. The Labute approximate surface area is 237 Å². The third-order valence-corrected chi connectivity index (χ3v) is 8.25. The second-order valence-electron chi connectivity index (χ2n) is 9.51. The quantitative estimate of drug-likeness (QED) is 0.224. The Bertz CT molecular complexity index is 1070. The highest BCUT2D eigenvalue weighted by Crippen LogP contribution is 2.55. The molecule has 3 nitrogen and oxygen atoms in total. The van der Waals surface area contributed by atoms with Gasteiger partial charge in [0.1, 0.15) is 0 Å². The topological polar surface area (TPSA) is 41.1 Å². The Morgan fingerprint density at radius 1 is 1.00 bits per heavy atom. The molecule has 6 atom stereocenters. The molecule has 1 aliphatic heterocycles. The summed E-state index contributed by atoms with van der Waals surface area (Å²) in [7, 11) is -2.42. The molecule has 208 valence electrons. The summed E-state index contributed by atoms with van der Waals surface area (Å²) in [6.45, 7) is 17.5. The van der Waals surface area contributed by atoms with Crippen LogP contribution < -0.4 is 10.0 Å². The first-order valence-electron chi connectivity index (χ1n) is 13.3. The van der Waals surface area contributed by atoms with Crippen molar-refractivity contribution in [3.8, 4) is 0 Å². The number of benzene rings is 2. The number of hydrogen-bond acceptors (Lipinski definition) is 2. The van der Waals surface area contributed by atoms with Crippen LogP contribution in [0, 0.1) is 12.8 Å². The summed E-state index contributed by atoms with van der Waals surface area (Å²) in [4.78, 5) is 0. The lowest BCUT2D eigenvalue weighted by atomic mass is 9.54. The van der Waals surface area contributed by atoms with Crippen molar-refractivity contribution in [1.82, 2.24) is 10.0 Å². The van der Waals surface area contributed by atoms with E-state index in [-0.39, 0.29) is 17.9 Å². The van der Waals surface area contributed by atoms with Gasteiger partial charge in [0.2, 0.25) is 0 Å². The van der Waals surface area contributed by atoms with Crippen LogP contribution in [-0.2, 0) is 9.71 Å². The molecule has 4 rings (SSSR count). The number of aryl methyl sites for hydroxylation is 1. The maximum Gasteiger partial charge on any atom is 0.0567 e. The van der Waals surface area contributed by atoms with Crippen LogP contribution in [0.3, 0.4) is 0 Å². The lowest BCUT2D eigenvalue weighted by molar-refractivity contribution is 0.101. The van der Waals surface area contributed by atoms with Crippen LogP contribution >= 0.6 is 23.2 Å². The number of piperidine rings is 1. The molecule has 2 aromatic rings. The van der Waals surface area contributed by atoms with Crippen LogP contribution in [0.2, 0.25) is 5.02 Å². The number of nitrogens with one attached hydrogen (secondary N) is 2. The fourth-order valence-electron chi connectivity index (χ4n) is 5.89. The minimum Gasteiger partial charge on any atom is -0.310 e. The first-order chi connectivity index (χ1) is 17.6. The van der Waals surface area contributed by atoms with E-state index >= 15 is 0 Å². The molecule has 0 spiro atoms. The standard InChI is InChI=1S/C26H33ClN2OS.2C2H6.CH3Cl/c1-17-6-8-20(9-7-17)23-14-15-26(29-31(4,5)30)18(2)16-28-19(3)25(26)24(23)21-10-12-22(27)13-11-21;3*1-2/h6-13,19,23-25,28H,2,4,14-16H2,1,3,5H3,(H,29,30);2*1-2H3;1H3. The summed E-state index contributed by atoms with van der Waals surface area (Å²) >= 11 is 10.9. The van der Waals surface area contributed by atoms with Gasteiger partial charge < -0.3 is 5.32 Å². The van der Waals surface area contributed by atoms with Gasteiger partial charge in [0.25, 0.3) is 0 Å². The van der Waals surface area contributed by atoms with Gasteiger partial charge in [0, 0.05) is 45.9 Å². The van der Waals surface area contributed by atoms with Gasteiger partial charge in [-0.15, -0.1) is 11.6 Å². The van der Waals surface area contributed by atoms with E-state index in [9.17, 15) is 4.21 Å². The van der Waals surface area contributed by atoms with Crippen LogP contribution in [0.25, 0.3) is 0 Å². The highest BCUT2D eigenvalue weighted by Gasteiger charge is 2.55. The van der Waals surface area contributed by atoms with E-state index in [0.717, 1.165) is 30.0 Å². The highest BCUT2D eigenvalue weighted by molar-refractivity contribution is 7.97. The molecule has 2 aromatic carbocycles. The zero-order valence-corrected chi connectivity index (χ0v) is 26.4. The smallest absolute Gasteiger partial charge is 0.0567 e. The lowest BCUT2D eigenvalue weighted by Gasteiger charge is -2.58. The van der Waals surface area contributed by atoms with E-state index in [1.54, 1.807) is 6.26 Å². The Balaban J connectivity index is 0.00000106. The van der Waals surface area contributed by atoms with Crippen molar-refractivity contribution < 1.29 is 4.21 Å². The van der Waals surface area contributed by atoms with Crippen LogP contribution in [0.1, 0.15) is 76.0 Å². The SMILES string of the molecule is C=C1CNC(C)C2C(c3ccc(Cl)cc3)C(c3ccc(C)cc3)CCC12NS(=C)(C)=O.CC.CC.CCl. The number of rotatable bonds is 4. The summed E-state index contributed by atoms with van der Waals surface area (Å²) in [6.07, 6.45) is 5.05. The average Bonchev–Trinajstić information content (AvgIpc) is 2.90. The summed E-state index contributed by atoms with van der Waals surface area (Å²) in [5, 5.41) is 4.40. The van der Waals surface area contributed by atoms with Gasteiger partial charge in [-0.3, -0.25) is 4.21 Å². The molecule has 0 amide bonds. The predicted octanol–water partition coefficient (Wildman–Crippen LogP) is 7.97. The summed E-state index contributed by atoms with van der Waals surface area (Å²) in [5.41, 5.74) is 4.55. The van der Waals surface area contributed by atoms with E-state index in [0.29, 0.717) is 5.92 Å². The summed E-state index contributed by atoms with van der Waals surface area (Å²) in [6, 6.07) is 17.4. The van der Waals surface area contributed by atoms with Crippen molar-refractivity contribution in [2.75, 3.05) is 19.2 Å². The van der Waals surface area contributed by atoms with Gasteiger partial charge in [-0.25, -0.2) is 4.72 Å². The van der Waals surface area contributed by atoms with Gasteiger partial charge in [-0.2, -0.15) is 0 Å². The van der Waals surface area contributed by atoms with Crippen molar-refractivity contribution in [3.05, 3.63) is 82.4 Å². The first kappa shape index (κ1) is 33.7. The number of alkyl halides is 1. The number of hydrogen-bond donors (Lipinski definition) is 2. The molecule has 2 N–H and O–H groups in total. The molecule has 1 heterocycles. The van der Waals surface area contributed by atoms with Crippen molar-refractivity contribution in [3.63, 3.8) is 0 Å². The largest absolute Gasteiger partial charge is 0.310 e.